The van der Waals surface area contributed by atoms with Crippen LogP contribution in [-0.4, -0.2) is 51.6 Å². The van der Waals surface area contributed by atoms with E-state index in [2.05, 4.69) is 31.2 Å². The van der Waals surface area contributed by atoms with Crippen LogP contribution in [-0.2, 0) is 19.0 Å². The zero-order valence-electron chi connectivity index (χ0n) is 13.7. The Morgan fingerprint density at radius 3 is 2.84 bits per heavy atom. The van der Waals surface area contributed by atoms with Crippen molar-refractivity contribution in [3.05, 3.63) is 22.0 Å². The van der Waals surface area contributed by atoms with Crippen LogP contribution in [0, 0.1) is 0 Å². The SMILES string of the molecule is CNC(=O)[C@H]1O[C@@H](n2cnc3c(Cl)cc(Br)nc32)[C@@H]2OC(C)(C)O[C@@H]21. The van der Waals surface area contributed by atoms with Crippen LogP contribution in [0.3, 0.4) is 0 Å². The van der Waals surface area contributed by atoms with Gasteiger partial charge in [-0.3, -0.25) is 9.36 Å². The Morgan fingerprint density at radius 2 is 2.12 bits per heavy atom. The van der Waals surface area contributed by atoms with Crippen molar-refractivity contribution in [2.75, 3.05) is 7.05 Å². The van der Waals surface area contributed by atoms with Crippen molar-refractivity contribution >= 4 is 44.6 Å². The van der Waals surface area contributed by atoms with E-state index in [1.165, 1.54) is 0 Å². The third-order valence-electron chi connectivity index (χ3n) is 4.26. The number of carbonyl (C=O) groups is 1. The van der Waals surface area contributed by atoms with Gasteiger partial charge < -0.3 is 19.5 Å². The molecule has 4 atom stereocenters. The Bertz CT molecular complexity index is 857. The van der Waals surface area contributed by atoms with Crippen LogP contribution in [0.1, 0.15) is 20.1 Å². The minimum absolute atomic E-state index is 0.268. The van der Waals surface area contributed by atoms with Gasteiger partial charge in [0, 0.05) is 7.05 Å². The van der Waals surface area contributed by atoms with E-state index in [0.717, 1.165) is 0 Å². The number of aromatic nitrogens is 3. The Morgan fingerprint density at radius 1 is 1.40 bits per heavy atom. The third-order valence-corrected chi connectivity index (χ3v) is 4.95. The molecule has 2 saturated heterocycles. The number of nitrogens with one attached hydrogen (secondary N) is 1. The first-order valence-electron chi connectivity index (χ1n) is 7.72. The maximum absolute atomic E-state index is 12.2. The van der Waals surface area contributed by atoms with Crippen molar-refractivity contribution < 1.29 is 19.0 Å². The first-order valence-corrected chi connectivity index (χ1v) is 8.89. The van der Waals surface area contributed by atoms with Gasteiger partial charge in [-0.2, -0.15) is 0 Å². The average Bonchev–Trinajstić information content (AvgIpc) is 3.17. The van der Waals surface area contributed by atoms with E-state index in [1.54, 1.807) is 37.9 Å². The topological polar surface area (TPSA) is 87.5 Å². The molecule has 0 radical (unpaired) electrons. The lowest BCUT2D eigenvalue weighted by Gasteiger charge is -2.24. The van der Waals surface area contributed by atoms with Crippen LogP contribution in [0.15, 0.2) is 17.0 Å². The Hall–Kier alpha value is -1.26. The molecule has 0 aromatic carbocycles. The number of amides is 1. The second-order valence-corrected chi connectivity index (χ2v) is 7.60. The molecule has 0 bridgehead atoms. The molecule has 0 unspecified atom stereocenters. The molecular formula is C15H16BrClN4O4. The van der Waals surface area contributed by atoms with E-state index in [4.69, 9.17) is 25.8 Å². The van der Waals surface area contributed by atoms with Crippen LogP contribution in [0.4, 0.5) is 0 Å². The summed E-state index contributed by atoms with van der Waals surface area (Å²) in [6, 6.07) is 1.67. The molecule has 134 valence electrons. The van der Waals surface area contributed by atoms with E-state index < -0.39 is 30.3 Å². The highest BCUT2D eigenvalue weighted by Crippen LogP contribution is 2.44. The number of fused-ring (bicyclic) bond motifs is 2. The number of hydrogen-bond acceptors (Lipinski definition) is 6. The maximum atomic E-state index is 12.2. The molecular weight excluding hydrogens is 416 g/mol. The Kier molecular flexibility index (Phi) is 4.04. The number of imidazole rings is 1. The van der Waals surface area contributed by atoms with Gasteiger partial charge in [-0.15, -0.1) is 0 Å². The first kappa shape index (κ1) is 17.2. The van der Waals surface area contributed by atoms with Crippen LogP contribution >= 0.6 is 27.5 Å². The van der Waals surface area contributed by atoms with Gasteiger partial charge in [0.1, 0.15) is 22.3 Å². The van der Waals surface area contributed by atoms with E-state index in [9.17, 15) is 4.79 Å². The largest absolute Gasteiger partial charge is 0.357 e. The number of halogens is 2. The fraction of sp³-hybridized carbons (Fsp3) is 0.533. The smallest absolute Gasteiger partial charge is 0.251 e. The van der Waals surface area contributed by atoms with Crippen molar-refractivity contribution in [1.29, 1.82) is 0 Å². The van der Waals surface area contributed by atoms with Gasteiger partial charge >= 0.3 is 0 Å². The summed E-state index contributed by atoms with van der Waals surface area (Å²) in [6.07, 6.45) is -0.827. The first-order chi connectivity index (χ1) is 11.8. The number of ether oxygens (including phenoxy) is 3. The van der Waals surface area contributed by atoms with Gasteiger partial charge in [-0.1, -0.05) is 11.6 Å². The minimum atomic E-state index is -0.814. The molecule has 0 aliphatic carbocycles. The highest BCUT2D eigenvalue weighted by molar-refractivity contribution is 9.10. The quantitative estimate of drug-likeness (QED) is 0.732. The number of carbonyl (C=O) groups excluding carboxylic acids is 1. The third kappa shape index (κ3) is 2.74. The van der Waals surface area contributed by atoms with Gasteiger partial charge in [0.15, 0.2) is 23.8 Å². The second-order valence-electron chi connectivity index (χ2n) is 6.38. The maximum Gasteiger partial charge on any atom is 0.251 e. The average molecular weight is 432 g/mol. The van der Waals surface area contributed by atoms with E-state index >= 15 is 0 Å². The molecule has 1 N–H and O–H groups in total. The summed E-state index contributed by atoms with van der Waals surface area (Å²) in [6.45, 7) is 3.61. The number of pyridine rings is 1. The Labute approximate surface area is 156 Å². The zero-order chi connectivity index (χ0) is 17.9. The van der Waals surface area contributed by atoms with E-state index in [1.807, 2.05) is 0 Å². The van der Waals surface area contributed by atoms with E-state index in [-0.39, 0.29) is 5.91 Å². The van der Waals surface area contributed by atoms with Crippen LogP contribution in [0.2, 0.25) is 5.02 Å². The molecule has 2 aromatic heterocycles. The predicted octanol–water partition coefficient (Wildman–Crippen LogP) is 2.01. The number of hydrogen-bond donors (Lipinski definition) is 1. The molecule has 8 nitrogen and oxygen atoms in total. The van der Waals surface area contributed by atoms with Gasteiger partial charge in [0.25, 0.3) is 5.91 Å². The summed E-state index contributed by atoms with van der Waals surface area (Å²) >= 11 is 9.57. The standard InChI is InChI=1S/C15H16BrClN4O4/c1-15(2)24-9-10(13(22)18-3)23-14(11(9)25-15)21-5-19-8-6(17)4-7(16)20-12(8)21/h4-5,9-11,14H,1-3H3,(H,18,22)/t9-,10+,11-,14-/m1/s1. The Balaban J connectivity index is 1.79. The molecule has 10 heteroatoms. The number of likely N-dealkylation sites (N-methyl/N-ethyl adjacent to an activating group) is 1. The normalized spacial score (nSPS) is 30.6. The molecule has 1 amide bonds. The van der Waals surface area contributed by atoms with Gasteiger partial charge in [0.2, 0.25) is 0 Å². The molecule has 0 saturated carbocycles. The monoisotopic (exact) mass is 430 g/mol. The molecule has 0 spiro atoms. The van der Waals surface area contributed by atoms with Crippen LogP contribution in [0.5, 0.6) is 0 Å². The highest BCUT2D eigenvalue weighted by atomic mass is 79.9. The van der Waals surface area contributed by atoms with Crippen molar-refractivity contribution in [3.63, 3.8) is 0 Å². The van der Waals surface area contributed by atoms with Crippen LogP contribution in [0.25, 0.3) is 11.2 Å². The van der Waals surface area contributed by atoms with E-state index in [0.29, 0.717) is 20.8 Å². The minimum Gasteiger partial charge on any atom is -0.357 e. The van der Waals surface area contributed by atoms with Crippen LogP contribution < -0.4 is 5.32 Å². The molecule has 4 rings (SSSR count). The summed E-state index contributed by atoms with van der Waals surface area (Å²) in [4.78, 5) is 21.0. The summed E-state index contributed by atoms with van der Waals surface area (Å²) in [5.74, 6) is -1.08. The molecule has 2 aliphatic heterocycles. The summed E-state index contributed by atoms with van der Waals surface area (Å²) in [5.41, 5.74) is 1.08. The summed E-state index contributed by atoms with van der Waals surface area (Å²) in [7, 11) is 1.56. The van der Waals surface area contributed by atoms with Gasteiger partial charge in [-0.05, 0) is 35.8 Å². The molecule has 2 fully saturated rings. The lowest BCUT2D eigenvalue weighted by Crippen LogP contribution is -2.41. The second kappa shape index (κ2) is 5.88. The molecule has 2 aliphatic rings. The fourth-order valence-corrected chi connectivity index (χ4v) is 4.05. The van der Waals surface area contributed by atoms with Crippen molar-refractivity contribution in [2.45, 2.75) is 44.2 Å². The van der Waals surface area contributed by atoms with Gasteiger partial charge in [-0.25, -0.2) is 9.97 Å². The number of nitrogens with zero attached hydrogens (tertiary/aromatic N) is 3. The summed E-state index contributed by atoms with van der Waals surface area (Å²) < 4.78 is 20.2. The number of rotatable bonds is 2. The summed E-state index contributed by atoms with van der Waals surface area (Å²) in [5, 5.41) is 3.07. The zero-order valence-corrected chi connectivity index (χ0v) is 16.0. The van der Waals surface area contributed by atoms with Crippen molar-refractivity contribution in [3.8, 4) is 0 Å². The molecule has 2 aromatic rings. The molecule has 25 heavy (non-hydrogen) atoms. The van der Waals surface area contributed by atoms with Crippen molar-refractivity contribution in [1.82, 2.24) is 19.9 Å². The lowest BCUT2D eigenvalue weighted by atomic mass is 10.1. The predicted molar refractivity (Wildman–Crippen MR) is 92.0 cm³/mol. The lowest BCUT2D eigenvalue weighted by molar-refractivity contribution is -0.197. The van der Waals surface area contributed by atoms with Crippen molar-refractivity contribution in [2.24, 2.45) is 0 Å². The highest BCUT2D eigenvalue weighted by Gasteiger charge is 2.58. The molecule has 4 heterocycles. The fourth-order valence-electron chi connectivity index (χ4n) is 3.28. The van der Waals surface area contributed by atoms with Gasteiger partial charge in [0.05, 0.1) is 11.3 Å².